The Morgan fingerprint density at radius 3 is 2.50 bits per heavy atom. The van der Waals surface area contributed by atoms with Crippen molar-refractivity contribution in [3.05, 3.63) is 52.2 Å². The molecule has 0 aromatic carbocycles. The molecule has 1 aliphatic heterocycles. The fraction of sp³-hybridized carbons (Fsp3) is 0.333. The van der Waals surface area contributed by atoms with Gasteiger partial charge in [0.05, 0.1) is 0 Å². The fourth-order valence-corrected chi connectivity index (χ4v) is 2.56. The fourth-order valence-electron chi connectivity index (χ4n) is 2.56. The quantitative estimate of drug-likeness (QED) is 0.870. The first kappa shape index (κ1) is 14.2. The van der Waals surface area contributed by atoms with E-state index < -0.39 is 0 Å². The SMILES string of the molecule is Cc1cc[nH]c(=O)c1C(=O)N1CCN(c2ncccn2)CC1. The highest BCUT2D eigenvalue weighted by Gasteiger charge is 2.25. The van der Waals surface area contributed by atoms with Crippen molar-refractivity contribution in [3.8, 4) is 0 Å². The molecular weight excluding hydrogens is 282 g/mol. The Morgan fingerprint density at radius 2 is 1.86 bits per heavy atom. The van der Waals surface area contributed by atoms with Crippen LogP contribution in [0.15, 0.2) is 35.5 Å². The van der Waals surface area contributed by atoms with Gasteiger partial charge in [0.25, 0.3) is 11.5 Å². The summed E-state index contributed by atoms with van der Waals surface area (Å²) in [6.45, 7) is 4.17. The summed E-state index contributed by atoms with van der Waals surface area (Å²) in [7, 11) is 0. The minimum atomic E-state index is -0.334. The summed E-state index contributed by atoms with van der Waals surface area (Å²) in [6, 6.07) is 3.51. The third-order valence-corrected chi connectivity index (χ3v) is 3.78. The summed E-state index contributed by atoms with van der Waals surface area (Å²) in [4.78, 5) is 39.1. The average Bonchev–Trinajstić information content (AvgIpc) is 2.55. The molecule has 2 aromatic heterocycles. The van der Waals surface area contributed by atoms with Crippen molar-refractivity contribution in [1.29, 1.82) is 0 Å². The molecule has 7 nitrogen and oxygen atoms in total. The van der Waals surface area contributed by atoms with Gasteiger partial charge in [-0.3, -0.25) is 9.59 Å². The van der Waals surface area contributed by atoms with Crippen LogP contribution >= 0.6 is 0 Å². The number of carbonyl (C=O) groups excluding carboxylic acids is 1. The van der Waals surface area contributed by atoms with Crippen LogP contribution in [0.25, 0.3) is 0 Å². The molecule has 2 aromatic rings. The number of piperazine rings is 1. The van der Waals surface area contributed by atoms with Crippen LogP contribution < -0.4 is 10.5 Å². The van der Waals surface area contributed by atoms with Crippen molar-refractivity contribution in [3.63, 3.8) is 0 Å². The van der Waals surface area contributed by atoms with E-state index in [4.69, 9.17) is 0 Å². The smallest absolute Gasteiger partial charge is 0.261 e. The standard InChI is InChI=1S/C15H17N5O2/c1-11-3-6-16-13(21)12(11)14(22)19-7-9-20(10-8-19)15-17-4-2-5-18-15/h2-6H,7-10H2,1H3,(H,16,21). The molecule has 3 rings (SSSR count). The number of aromatic nitrogens is 3. The third-order valence-electron chi connectivity index (χ3n) is 3.78. The molecule has 1 fully saturated rings. The van der Waals surface area contributed by atoms with E-state index in [1.54, 1.807) is 42.5 Å². The first-order valence-electron chi connectivity index (χ1n) is 7.16. The summed E-state index contributed by atoms with van der Waals surface area (Å²) < 4.78 is 0. The second-order valence-electron chi connectivity index (χ2n) is 5.19. The predicted octanol–water partition coefficient (Wildman–Crippen LogP) is 0.436. The minimum absolute atomic E-state index is 0.215. The van der Waals surface area contributed by atoms with E-state index in [9.17, 15) is 9.59 Å². The molecule has 114 valence electrons. The van der Waals surface area contributed by atoms with Crippen LogP contribution in [0.2, 0.25) is 0 Å². The van der Waals surface area contributed by atoms with Crippen LogP contribution in [-0.4, -0.2) is 51.9 Å². The predicted molar refractivity (Wildman–Crippen MR) is 81.9 cm³/mol. The Bertz CT molecular complexity index is 720. The number of carbonyl (C=O) groups is 1. The molecule has 1 saturated heterocycles. The van der Waals surface area contributed by atoms with E-state index in [0.717, 1.165) is 0 Å². The van der Waals surface area contributed by atoms with Gasteiger partial charge >= 0.3 is 0 Å². The molecular formula is C15H17N5O2. The number of rotatable bonds is 2. The molecule has 1 aliphatic rings. The number of hydrogen-bond acceptors (Lipinski definition) is 5. The Balaban J connectivity index is 1.72. The minimum Gasteiger partial charge on any atom is -0.337 e. The zero-order valence-electron chi connectivity index (χ0n) is 12.3. The van der Waals surface area contributed by atoms with Gasteiger partial charge in [0.2, 0.25) is 5.95 Å². The molecule has 3 heterocycles. The normalized spacial score (nSPS) is 15.0. The van der Waals surface area contributed by atoms with Crippen molar-refractivity contribution >= 4 is 11.9 Å². The zero-order chi connectivity index (χ0) is 15.5. The molecule has 7 heteroatoms. The zero-order valence-corrected chi connectivity index (χ0v) is 12.3. The topological polar surface area (TPSA) is 82.2 Å². The maximum Gasteiger partial charge on any atom is 0.261 e. The van der Waals surface area contributed by atoms with E-state index in [1.807, 2.05) is 4.90 Å². The van der Waals surface area contributed by atoms with Gasteiger partial charge in [-0.1, -0.05) is 0 Å². The number of nitrogens with zero attached hydrogens (tertiary/aromatic N) is 4. The Hall–Kier alpha value is -2.70. The Morgan fingerprint density at radius 1 is 1.18 bits per heavy atom. The molecule has 1 amide bonds. The highest BCUT2D eigenvalue weighted by Crippen LogP contribution is 2.12. The first-order chi connectivity index (χ1) is 10.7. The van der Waals surface area contributed by atoms with Crippen molar-refractivity contribution in [1.82, 2.24) is 19.9 Å². The van der Waals surface area contributed by atoms with Crippen LogP contribution in [0, 0.1) is 6.92 Å². The first-order valence-corrected chi connectivity index (χ1v) is 7.16. The van der Waals surface area contributed by atoms with Crippen molar-refractivity contribution in [2.24, 2.45) is 0 Å². The van der Waals surface area contributed by atoms with Gasteiger partial charge in [-0.15, -0.1) is 0 Å². The number of pyridine rings is 1. The number of aryl methyl sites for hydroxylation is 1. The number of anilines is 1. The van der Waals surface area contributed by atoms with Crippen LogP contribution in [0.1, 0.15) is 15.9 Å². The highest BCUT2D eigenvalue weighted by atomic mass is 16.2. The van der Waals surface area contributed by atoms with Gasteiger partial charge < -0.3 is 14.8 Å². The van der Waals surface area contributed by atoms with Gasteiger partial charge in [-0.2, -0.15) is 0 Å². The van der Waals surface area contributed by atoms with Crippen LogP contribution in [0.5, 0.6) is 0 Å². The molecule has 22 heavy (non-hydrogen) atoms. The Kier molecular flexibility index (Phi) is 3.86. The number of hydrogen-bond donors (Lipinski definition) is 1. The molecule has 0 unspecified atom stereocenters. The van der Waals surface area contributed by atoms with E-state index >= 15 is 0 Å². The number of amides is 1. The van der Waals surface area contributed by atoms with Crippen LogP contribution in [-0.2, 0) is 0 Å². The second kappa shape index (κ2) is 5.97. The lowest BCUT2D eigenvalue weighted by Crippen LogP contribution is -2.50. The van der Waals surface area contributed by atoms with E-state index in [1.165, 1.54) is 0 Å². The molecule has 1 N–H and O–H groups in total. The average molecular weight is 299 g/mol. The molecule has 0 atom stereocenters. The molecule has 0 radical (unpaired) electrons. The van der Waals surface area contributed by atoms with Gasteiger partial charge in [0.1, 0.15) is 5.56 Å². The van der Waals surface area contributed by atoms with Gasteiger partial charge in [-0.25, -0.2) is 9.97 Å². The number of nitrogens with one attached hydrogen (secondary N) is 1. The molecule has 0 bridgehead atoms. The lowest BCUT2D eigenvalue weighted by Gasteiger charge is -2.34. The van der Waals surface area contributed by atoms with Crippen molar-refractivity contribution in [2.75, 3.05) is 31.1 Å². The molecule has 0 aliphatic carbocycles. The summed E-state index contributed by atoms with van der Waals surface area (Å²) >= 11 is 0. The lowest BCUT2D eigenvalue weighted by atomic mass is 10.1. The second-order valence-corrected chi connectivity index (χ2v) is 5.19. The van der Waals surface area contributed by atoms with Crippen molar-refractivity contribution in [2.45, 2.75) is 6.92 Å². The lowest BCUT2D eigenvalue weighted by molar-refractivity contribution is 0.0743. The largest absolute Gasteiger partial charge is 0.337 e. The van der Waals surface area contributed by atoms with E-state index in [0.29, 0.717) is 37.7 Å². The maximum absolute atomic E-state index is 12.5. The summed E-state index contributed by atoms with van der Waals surface area (Å²) in [5, 5.41) is 0. The number of H-pyrrole nitrogens is 1. The van der Waals surface area contributed by atoms with Gasteiger partial charge in [0.15, 0.2) is 0 Å². The van der Waals surface area contributed by atoms with Gasteiger partial charge in [-0.05, 0) is 24.6 Å². The molecule has 0 saturated carbocycles. The summed E-state index contributed by atoms with van der Waals surface area (Å²) in [6.07, 6.45) is 4.96. The van der Waals surface area contributed by atoms with Crippen molar-refractivity contribution < 1.29 is 4.79 Å². The molecule has 0 spiro atoms. The third kappa shape index (κ3) is 2.69. The van der Waals surface area contributed by atoms with E-state index in [-0.39, 0.29) is 17.0 Å². The summed E-state index contributed by atoms with van der Waals surface area (Å²) in [5.74, 6) is 0.455. The maximum atomic E-state index is 12.5. The van der Waals surface area contributed by atoms with Gasteiger partial charge in [0, 0.05) is 44.8 Å². The highest BCUT2D eigenvalue weighted by molar-refractivity contribution is 5.95. The summed E-state index contributed by atoms with van der Waals surface area (Å²) in [5.41, 5.74) is 0.591. The van der Waals surface area contributed by atoms with E-state index in [2.05, 4.69) is 15.0 Å². The monoisotopic (exact) mass is 299 g/mol. The number of aromatic amines is 1. The van der Waals surface area contributed by atoms with Crippen LogP contribution in [0.3, 0.4) is 0 Å². The Labute approximate surface area is 127 Å². The van der Waals surface area contributed by atoms with Crippen LogP contribution in [0.4, 0.5) is 5.95 Å².